The molecule has 1 amide bonds. The Bertz CT molecular complexity index is 1450. The first-order valence-corrected chi connectivity index (χ1v) is 11.1. The van der Waals surface area contributed by atoms with Crippen molar-refractivity contribution in [2.75, 3.05) is 6.61 Å². The number of benzene rings is 2. The highest BCUT2D eigenvalue weighted by Gasteiger charge is 2.46. The molecule has 1 aliphatic heterocycles. The number of aliphatic hydroxyl groups is 1. The molecule has 1 atom stereocenters. The van der Waals surface area contributed by atoms with Gasteiger partial charge < -0.3 is 14.7 Å². The van der Waals surface area contributed by atoms with Gasteiger partial charge in [-0.2, -0.15) is 5.10 Å². The number of amides is 1. The maximum atomic E-state index is 15.2. The molecule has 1 unspecified atom stereocenters. The highest BCUT2D eigenvalue weighted by molar-refractivity contribution is 6.19. The Kier molecular flexibility index (Phi) is 5.55. The Hall–Kier alpha value is -3.79. The van der Waals surface area contributed by atoms with E-state index < -0.39 is 35.3 Å². The van der Waals surface area contributed by atoms with E-state index >= 15 is 8.78 Å². The third kappa shape index (κ3) is 3.74. The number of aromatic nitrogens is 3. The molecule has 5 rings (SSSR count). The van der Waals surface area contributed by atoms with Gasteiger partial charge >= 0.3 is 0 Å². The van der Waals surface area contributed by atoms with Crippen LogP contribution >= 0.6 is 0 Å². The fourth-order valence-corrected chi connectivity index (χ4v) is 4.33. The van der Waals surface area contributed by atoms with E-state index in [0.29, 0.717) is 34.4 Å². The van der Waals surface area contributed by atoms with Gasteiger partial charge in [0.2, 0.25) is 0 Å². The van der Waals surface area contributed by atoms with Crippen LogP contribution in [0.15, 0.2) is 48.8 Å². The van der Waals surface area contributed by atoms with Crippen molar-refractivity contribution in [1.29, 1.82) is 0 Å². The summed E-state index contributed by atoms with van der Waals surface area (Å²) >= 11 is 0. The minimum Gasteiger partial charge on any atom is -0.491 e. The number of hydrogen-bond donors (Lipinski definition) is 1. The quantitative estimate of drug-likeness (QED) is 0.432. The van der Waals surface area contributed by atoms with Gasteiger partial charge in [-0.15, -0.1) is 0 Å². The summed E-state index contributed by atoms with van der Waals surface area (Å²) in [5, 5.41) is 15.8. The second-order valence-corrected chi connectivity index (χ2v) is 8.46. The molecule has 176 valence electrons. The molecule has 0 fully saturated rings. The molecular formula is C25H21BF2N4O3. The van der Waals surface area contributed by atoms with Crippen molar-refractivity contribution < 1.29 is 23.4 Å². The normalized spacial score (nSPS) is 17.3. The number of fused-ring (bicyclic) bond motifs is 2. The van der Waals surface area contributed by atoms with E-state index in [-0.39, 0.29) is 11.3 Å². The SMILES string of the molecule is [B]C1(O)c2ncccc2C(=O)N1Cc1c(F)cc(-c2ccc(OCCC)c3nn(C)cc23)cc1F. The number of pyridine rings is 1. The van der Waals surface area contributed by atoms with Gasteiger partial charge in [-0.3, -0.25) is 14.5 Å². The van der Waals surface area contributed by atoms with Crippen LogP contribution < -0.4 is 4.74 Å². The van der Waals surface area contributed by atoms with Crippen LogP contribution in [0.3, 0.4) is 0 Å². The van der Waals surface area contributed by atoms with E-state index in [1.54, 1.807) is 30.1 Å². The molecule has 4 aromatic rings. The van der Waals surface area contributed by atoms with Crippen LogP contribution in [-0.4, -0.2) is 45.1 Å². The molecule has 0 saturated carbocycles. The second kappa shape index (κ2) is 8.46. The van der Waals surface area contributed by atoms with Crippen molar-refractivity contribution in [1.82, 2.24) is 19.7 Å². The molecule has 0 spiro atoms. The first-order chi connectivity index (χ1) is 16.7. The molecule has 2 radical (unpaired) electrons. The van der Waals surface area contributed by atoms with Gasteiger partial charge in [-0.1, -0.05) is 6.92 Å². The molecule has 1 N–H and O–H groups in total. The van der Waals surface area contributed by atoms with Gasteiger partial charge in [0, 0.05) is 30.4 Å². The Morgan fingerprint density at radius 2 is 1.91 bits per heavy atom. The summed E-state index contributed by atoms with van der Waals surface area (Å²) < 4.78 is 37.9. The number of ether oxygens (including phenoxy) is 1. The molecule has 2 aromatic heterocycles. The van der Waals surface area contributed by atoms with Crippen LogP contribution in [0.25, 0.3) is 22.0 Å². The third-order valence-corrected chi connectivity index (χ3v) is 6.03. The van der Waals surface area contributed by atoms with Gasteiger partial charge in [0.25, 0.3) is 5.91 Å². The van der Waals surface area contributed by atoms with Crippen molar-refractivity contribution in [3.63, 3.8) is 0 Å². The van der Waals surface area contributed by atoms with Crippen molar-refractivity contribution >= 4 is 24.7 Å². The maximum Gasteiger partial charge on any atom is 0.258 e. The molecule has 0 bridgehead atoms. The summed E-state index contributed by atoms with van der Waals surface area (Å²) in [5.41, 5.74) is -1.21. The molecule has 7 nitrogen and oxygen atoms in total. The topological polar surface area (TPSA) is 80.5 Å². The summed E-state index contributed by atoms with van der Waals surface area (Å²) in [4.78, 5) is 17.5. The zero-order chi connectivity index (χ0) is 24.9. The van der Waals surface area contributed by atoms with E-state index in [2.05, 4.69) is 10.1 Å². The second-order valence-electron chi connectivity index (χ2n) is 8.46. The maximum absolute atomic E-state index is 15.2. The Balaban J connectivity index is 1.52. The minimum absolute atomic E-state index is 0.0632. The molecule has 2 aromatic carbocycles. The van der Waals surface area contributed by atoms with Gasteiger partial charge in [0.15, 0.2) is 7.85 Å². The molecular weight excluding hydrogens is 453 g/mol. The molecule has 10 heteroatoms. The lowest BCUT2D eigenvalue weighted by molar-refractivity contribution is -0.0231. The first-order valence-electron chi connectivity index (χ1n) is 11.1. The average Bonchev–Trinajstić information content (AvgIpc) is 3.30. The van der Waals surface area contributed by atoms with Crippen LogP contribution in [0, 0.1) is 11.6 Å². The van der Waals surface area contributed by atoms with Crippen LogP contribution in [0.5, 0.6) is 5.75 Å². The summed E-state index contributed by atoms with van der Waals surface area (Å²) in [7, 11) is 7.69. The van der Waals surface area contributed by atoms with Crippen LogP contribution in [-0.2, 0) is 19.2 Å². The lowest BCUT2D eigenvalue weighted by Gasteiger charge is -2.31. The number of nitrogens with zero attached hydrogens (tertiary/aromatic N) is 4. The van der Waals surface area contributed by atoms with Gasteiger partial charge in [0.05, 0.1) is 24.4 Å². The lowest BCUT2D eigenvalue weighted by atomic mass is 9.87. The van der Waals surface area contributed by atoms with Crippen molar-refractivity contribution in [2.45, 2.75) is 25.5 Å². The molecule has 0 saturated heterocycles. The number of hydrogen-bond acceptors (Lipinski definition) is 5. The Morgan fingerprint density at radius 1 is 1.17 bits per heavy atom. The predicted octanol–water partition coefficient (Wildman–Crippen LogP) is 3.63. The predicted molar refractivity (Wildman–Crippen MR) is 126 cm³/mol. The number of aryl methyl sites for hydroxylation is 1. The van der Waals surface area contributed by atoms with Crippen molar-refractivity contribution in [3.05, 3.63) is 77.2 Å². The van der Waals surface area contributed by atoms with Crippen LogP contribution in [0.1, 0.15) is 35.0 Å². The molecule has 0 aliphatic carbocycles. The van der Waals surface area contributed by atoms with Gasteiger partial charge in [-0.25, -0.2) is 8.78 Å². The number of carbonyl (C=O) groups is 1. The number of rotatable bonds is 6. The third-order valence-electron chi connectivity index (χ3n) is 6.03. The van der Waals surface area contributed by atoms with Crippen LogP contribution in [0.2, 0.25) is 0 Å². The lowest BCUT2D eigenvalue weighted by Crippen LogP contribution is -2.44. The Morgan fingerprint density at radius 3 is 2.60 bits per heavy atom. The minimum atomic E-state index is -2.29. The highest BCUT2D eigenvalue weighted by Crippen LogP contribution is 2.38. The average molecular weight is 474 g/mol. The fourth-order valence-electron chi connectivity index (χ4n) is 4.33. The van der Waals surface area contributed by atoms with E-state index in [0.717, 1.165) is 11.3 Å². The first kappa shape index (κ1) is 23.0. The van der Waals surface area contributed by atoms with Crippen LogP contribution in [0.4, 0.5) is 8.78 Å². The molecule has 3 heterocycles. The zero-order valence-corrected chi connectivity index (χ0v) is 19.1. The number of carbonyl (C=O) groups excluding carboxylic acids is 1. The number of halogens is 2. The molecule has 1 aliphatic rings. The fraction of sp³-hybridized carbons (Fsp3) is 0.240. The van der Waals surface area contributed by atoms with Crippen molar-refractivity contribution in [2.24, 2.45) is 7.05 Å². The van der Waals surface area contributed by atoms with E-state index in [9.17, 15) is 9.90 Å². The largest absolute Gasteiger partial charge is 0.491 e. The van der Waals surface area contributed by atoms with Gasteiger partial charge in [0.1, 0.15) is 28.5 Å². The monoisotopic (exact) mass is 474 g/mol. The Labute approximate surface area is 201 Å². The van der Waals surface area contributed by atoms with Gasteiger partial charge in [-0.05, 0) is 53.9 Å². The summed E-state index contributed by atoms with van der Waals surface area (Å²) in [6.07, 6.45) is 3.96. The van der Waals surface area contributed by atoms with E-state index in [4.69, 9.17) is 12.6 Å². The molecule has 35 heavy (non-hydrogen) atoms. The summed E-state index contributed by atoms with van der Waals surface area (Å²) in [5.74, 6) is -1.83. The summed E-state index contributed by atoms with van der Waals surface area (Å²) in [6, 6.07) is 8.80. The van der Waals surface area contributed by atoms with E-state index in [1.165, 1.54) is 30.5 Å². The smallest absolute Gasteiger partial charge is 0.258 e. The van der Waals surface area contributed by atoms with E-state index in [1.807, 2.05) is 6.92 Å². The zero-order valence-electron chi connectivity index (χ0n) is 19.1. The summed E-state index contributed by atoms with van der Waals surface area (Å²) in [6.45, 7) is 1.94. The standard InChI is InChI=1S/C25H21BF2N4O3/c1-3-9-35-21-7-6-15(17-12-31(2)30-22(17)21)14-10-19(27)18(20(28)11-14)13-32-24(33)16-5-4-8-29-23(16)25(32,26)34/h4-8,10-12,34H,3,9,13H2,1-2H3. The van der Waals surface area contributed by atoms with Crippen molar-refractivity contribution in [3.8, 4) is 16.9 Å². The highest BCUT2D eigenvalue weighted by atomic mass is 19.1.